The first-order chi connectivity index (χ1) is 11.8. The highest BCUT2D eigenvalue weighted by atomic mass is 16.5. The van der Waals surface area contributed by atoms with Crippen molar-refractivity contribution in [1.82, 2.24) is 14.9 Å². The van der Waals surface area contributed by atoms with Crippen LogP contribution in [0.1, 0.15) is 18.4 Å². The summed E-state index contributed by atoms with van der Waals surface area (Å²) in [6.45, 7) is 6.57. The third-order valence-electron chi connectivity index (χ3n) is 5.04. The van der Waals surface area contributed by atoms with Gasteiger partial charge in [-0.1, -0.05) is 0 Å². The van der Waals surface area contributed by atoms with Crippen LogP contribution in [-0.2, 0) is 11.3 Å². The molecule has 0 radical (unpaired) electrons. The van der Waals surface area contributed by atoms with Gasteiger partial charge >= 0.3 is 0 Å². The standard InChI is InChI=1S/C18H24N4O2/c1-3-18(13-21(6-1)11-16-2-8-23-12-16)14-22(7-9-24-15-18)17-10-19-4-5-20-17/h2,4-5,8,10,12H,1,3,6-7,9,11,13-15H2/t18-/m0/s1. The molecular weight excluding hydrogens is 304 g/mol. The lowest BCUT2D eigenvalue weighted by Gasteiger charge is -2.43. The predicted octanol–water partition coefficient (Wildman–Crippen LogP) is 2.19. The summed E-state index contributed by atoms with van der Waals surface area (Å²) in [6.07, 6.45) is 11.3. The van der Waals surface area contributed by atoms with E-state index in [0.29, 0.717) is 0 Å². The van der Waals surface area contributed by atoms with Crippen LogP contribution in [0.15, 0.2) is 41.6 Å². The topological polar surface area (TPSA) is 54.6 Å². The molecule has 1 atom stereocenters. The molecule has 0 saturated carbocycles. The normalized spacial score (nSPS) is 25.8. The Labute approximate surface area is 142 Å². The van der Waals surface area contributed by atoms with Crippen molar-refractivity contribution in [3.05, 3.63) is 42.7 Å². The Balaban J connectivity index is 1.49. The molecule has 2 aromatic heterocycles. The summed E-state index contributed by atoms with van der Waals surface area (Å²) >= 11 is 0. The molecule has 6 nitrogen and oxygen atoms in total. The number of furan rings is 1. The molecule has 24 heavy (non-hydrogen) atoms. The first-order valence-corrected chi connectivity index (χ1v) is 8.65. The number of likely N-dealkylation sites (tertiary alicyclic amines) is 1. The lowest BCUT2D eigenvalue weighted by molar-refractivity contribution is 0.0106. The van der Waals surface area contributed by atoms with Gasteiger partial charge in [-0.05, 0) is 25.5 Å². The molecule has 4 rings (SSSR count). The SMILES string of the molecule is c1cnc(N2CCOC[C@]3(CCCN(Cc4ccoc4)C3)C2)cn1. The second-order valence-corrected chi connectivity index (χ2v) is 6.98. The molecule has 2 aliphatic rings. The third-order valence-corrected chi connectivity index (χ3v) is 5.04. The number of aromatic nitrogens is 2. The van der Waals surface area contributed by atoms with E-state index in [2.05, 4.69) is 25.8 Å². The van der Waals surface area contributed by atoms with E-state index in [4.69, 9.17) is 9.15 Å². The van der Waals surface area contributed by atoms with E-state index >= 15 is 0 Å². The summed E-state index contributed by atoms with van der Waals surface area (Å²) < 4.78 is 11.2. The number of rotatable bonds is 3. The predicted molar refractivity (Wildman–Crippen MR) is 90.7 cm³/mol. The van der Waals surface area contributed by atoms with Crippen LogP contribution < -0.4 is 4.90 Å². The number of anilines is 1. The van der Waals surface area contributed by atoms with Gasteiger partial charge in [-0.15, -0.1) is 0 Å². The Morgan fingerprint density at radius 2 is 2.21 bits per heavy atom. The van der Waals surface area contributed by atoms with Gasteiger partial charge in [0.25, 0.3) is 0 Å². The largest absolute Gasteiger partial charge is 0.472 e. The average Bonchev–Trinajstić information content (AvgIpc) is 3.03. The Bertz CT molecular complexity index is 634. The zero-order chi connectivity index (χ0) is 16.2. The van der Waals surface area contributed by atoms with Crippen molar-refractivity contribution in [2.24, 2.45) is 5.41 Å². The second-order valence-electron chi connectivity index (χ2n) is 6.98. The van der Waals surface area contributed by atoms with Crippen molar-refractivity contribution in [3.63, 3.8) is 0 Å². The Morgan fingerprint density at radius 1 is 1.21 bits per heavy atom. The van der Waals surface area contributed by atoms with Crippen LogP contribution in [0.25, 0.3) is 0 Å². The van der Waals surface area contributed by atoms with Crippen molar-refractivity contribution in [3.8, 4) is 0 Å². The average molecular weight is 328 g/mol. The summed E-state index contributed by atoms with van der Waals surface area (Å²) in [7, 11) is 0. The molecule has 2 aromatic rings. The van der Waals surface area contributed by atoms with Crippen molar-refractivity contribution < 1.29 is 9.15 Å². The van der Waals surface area contributed by atoms with E-state index < -0.39 is 0 Å². The van der Waals surface area contributed by atoms with Gasteiger partial charge in [-0.2, -0.15) is 0 Å². The molecule has 0 amide bonds. The van der Waals surface area contributed by atoms with E-state index in [1.54, 1.807) is 18.7 Å². The molecule has 2 saturated heterocycles. The fraction of sp³-hybridized carbons (Fsp3) is 0.556. The van der Waals surface area contributed by atoms with Crippen LogP contribution in [0.2, 0.25) is 0 Å². The zero-order valence-corrected chi connectivity index (χ0v) is 13.9. The molecule has 0 bridgehead atoms. The molecule has 6 heteroatoms. The highest BCUT2D eigenvalue weighted by Crippen LogP contribution is 2.34. The zero-order valence-electron chi connectivity index (χ0n) is 13.9. The second kappa shape index (κ2) is 6.91. The minimum absolute atomic E-state index is 0.163. The maximum absolute atomic E-state index is 5.99. The molecule has 0 aromatic carbocycles. The fourth-order valence-corrected chi connectivity index (χ4v) is 3.98. The van der Waals surface area contributed by atoms with E-state index in [1.165, 1.54) is 18.4 Å². The highest BCUT2D eigenvalue weighted by molar-refractivity contribution is 5.36. The highest BCUT2D eigenvalue weighted by Gasteiger charge is 2.39. The molecule has 4 heterocycles. The number of piperidine rings is 1. The Hall–Kier alpha value is -1.92. The lowest BCUT2D eigenvalue weighted by atomic mass is 9.80. The molecular formula is C18H24N4O2. The maximum Gasteiger partial charge on any atom is 0.147 e. The minimum atomic E-state index is 0.163. The molecule has 2 aliphatic heterocycles. The number of hydrogen-bond donors (Lipinski definition) is 0. The third kappa shape index (κ3) is 3.44. The van der Waals surface area contributed by atoms with Crippen LogP contribution in [0.3, 0.4) is 0 Å². The maximum atomic E-state index is 5.99. The summed E-state index contributed by atoms with van der Waals surface area (Å²) in [4.78, 5) is 13.6. The molecule has 0 N–H and O–H groups in total. The lowest BCUT2D eigenvalue weighted by Crippen LogP contribution is -2.50. The van der Waals surface area contributed by atoms with Crippen molar-refractivity contribution in [2.75, 3.05) is 44.3 Å². The van der Waals surface area contributed by atoms with Crippen LogP contribution >= 0.6 is 0 Å². The monoisotopic (exact) mass is 328 g/mol. The fourth-order valence-electron chi connectivity index (χ4n) is 3.98. The summed E-state index contributed by atoms with van der Waals surface area (Å²) in [5, 5.41) is 0. The van der Waals surface area contributed by atoms with Crippen molar-refractivity contribution >= 4 is 5.82 Å². The molecule has 0 aliphatic carbocycles. The van der Waals surface area contributed by atoms with E-state index in [-0.39, 0.29) is 5.41 Å². The van der Waals surface area contributed by atoms with Crippen LogP contribution in [0.4, 0.5) is 5.82 Å². The van der Waals surface area contributed by atoms with Gasteiger partial charge in [0.2, 0.25) is 0 Å². The van der Waals surface area contributed by atoms with Crippen molar-refractivity contribution in [2.45, 2.75) is 19.4 Å². The molecule has 0 unspecified atom stereocenters. The summed E-state index contributed by atoms with van der Waals surface area (Å²) in [5.41, 5.74) is 1.41. The smallest absolute Gasteiger partial charge is 0.147 e. The van der Waals surface area contributed by atoms with Gasteiger partial charge in [-0.3, -0.25) is 9.88 Å². The summed E-state index contributed by atoms with van der Waals surface area (Å²) in [5.74, 6) is 0.953. The number of ether oxygens (including phenoxy) is 1. The van der Waals surface area contributed by atoms with E-state index in [1.807, 2.05) is 12.5 Å². The quantitative estimate of drug-likeness (QED) is 0.861. The molecule has 2 fully saturated rings. The van der Waals surface area contributed by atoms with Crippen LogP contribution in [-0.4, -0.2) is 54.3 Å². The Kier molecular flexibility index (Phi) is 4.49. The van der Waals surface area contributed by atoms with Gasteiger partial charge < -0.3 is 14.1 Å². The van der Waals surface area contributed by atoms with Gasteiger partial charge in [0.05, 0.1) is 31.9 Å². The Morgan fingerprint density at radius 3 is 3.04 bits per heavy atom. The first kappa shape index (κ1) is 15.6. The molecule has 1 spiro atoms. The van der Waals surface area contributed by atoms with Gasteiger partial charge in [0, 0.05) is 49.6 Å². The van der Waals surface area contributed by atoms with Gasteiger partial charge in [0.1, 0.15) is 5.82 Å². The van der Waals surface area contributed by atoms with E-state index in [0.717, 1.165) is 51.8 Å². The summed E-state index contributed by atoms with van der Waals surface area (Å²) in [6, 6.07) is 2.05. The van der Waals surface area contributed by atoms with E-state index in [9.17, 15) is 0 Å². The minimum Gasteiger partial charge on any atom is -0.472 e. The van der Waals surface area contributed by atoms with Crippen molar-refractivity contribution in [1.29, 1.82) is 0 Å². The molecule has 128 valence electrons. The van der Waals surface area contributed by atoms with Gasteiger partial charge in [-0.25, -0.2) is 4.98 Å². The van der Waals surface area contributed by atoms with Crippen LogP contribution in [0.5, 0.6) is 0 Å². The van der Waals surface area contributed by atoms with Gasteiger partial charge in [0.15, 0.2) is 0 Å². The van der Waals surface area contributed by atoms with Crippen LogP contribution in [0, 0.1) is 5.41 Å². The number of hydrogen-bond acceptors (Lipinski definition) is 6. The number of nitrogens with zero attached hydrogens (tertiary/aromatic N) is 4. The first-order valence-electron chi connectivity index (χ1n) is 8.65.